The standard InChI is InChI=1S/C14H16FNO3/c1-19-14(18)3-2-10-16-13(17)9-6-11-4-7-12(15)8-5-11/h4-9H,2-3,10H2,1H3,(H,16,17)/b9-6+. The van der Waals surface area contributed by atoms with Crippen molar-refractivity contribution >= 4 is 18.0 Å². The highest BCUT2D eigenvalue weighted by Gasteiger charge is 2.00. The summed E-state index contributed by atoms with van der Waals surface area (Å²) in [6.45, 7) is 0.404. The number of amides is 1. The van der Waals surface area contributed by atoms with Crippen LogP contribution in [-0.4, -0.2) is 25.5 Å². The van der Waals surface area contributed by atoms with Crippen LogP contribution in [-0.2, 0) is 14.3 Å². The minimum absolute atomic E-state index is 0.255. The molecule has 19 heavy (non-hydrogen) atoms. The summed E-state index contributed by atoms with van der Waals surface area (Å²) in [7, 11) is 1.33. The van der Waals surface area contributed by atoms with Gasteiger partial charge in [0.25, 0.3) is 0 Å². The second kappa shape index (κ2) is 8.02. The summed E-state index contributed by atoms with van der Waals surface area (Å²) >= 11 is 0. The number of carbonyl (C=O) groups excluding carboxylic acids is 2. The Morgan fingerprint density at radius 2 is 2.00 bits per heavy atom. The summed E-state index contributed by atoms with van der Waals surface area (Å²) in [5.41, 5.74) is 0.742. The topological polar surface area (TPSA) is 55.4 Å². The molecule has 0 aliphatic heterocycles. The van der Waals surface area contributed by atoms with Crippen LogP contribution in [0.15, 0.2) is 30.3 Å². The fourth-order valence-corrected chi connectivity index (χ4v) is 1.35. The summed E-state index contributed by atoms with van der Waals surface area (Å²) in [6, 6.07) is 5.81. The number of benzene rings is 1. The molecular weight excluding hydrogens is 249 g/mol. The highest BCUT2D eigenvalue weighted by Crippen LogP contribution is 2.04. The number of hydrogen-bond donors (Lipinski definition) is 1. The Hall–Kier alpha value is -2.17. The fraction of sp³-hybridized carbons (Fsp3) is 0.286. The Bertz CT molecular complexity index is 454. The van der Waals surface area contributed by atoms with Gasteiger partial charge in [-0.15, -0.1) is 0 Å². The zero-order valence-corrected chi connectivity index (χ0v) is 10.7. The Kier molecular flexibility index (Phi) is 6.29. The lowest BCUT2D eigenvalue weighted by Crippen LogP contribution is -2.22. The zero-order chi connectivity index (χ0) is 14.1. The van der Waals surface area contributed by atoms with Gasteiger partial charge in [-0.05, 0) is 30.2 Å². The normalized spacial score (nSPS) is 10.4. The maximum Gasteiger partial charge on any atom is 0.305 e. The number of ether oxygens (including phenoxy) is 1. The predicted octanol–water partition coefficient (Wildman–Crippen LogP) is 1.91. The molecule has 1 aromatic rings. The van der Waals surface area contributed by atoms with E-state index in [0.717, 1.165) is 5.56 Å². The Balaban J connectivity index is 2.27. The largest absolute Gasteiger partial charge is 0.469 e. The van der Waals surface area contributed by atoms with Gasteiger partial charge in [0.15, 0.2) is 0 Å². The number of halogens is 1. The SMILES string of the molecule is COC(=O)CCCNC(=O)/C=C/c1ccc(F)cc1. The van der Waals surface area contributed by atoms with Gasteiger partial charge in [0, 0.05) is 19.0 Å². The van der Waals surface area contributed by atoms with Gasteiger partial charge in [-0.25, -0.2) is 4.39 Å². The lowest BCUT2D eigenvalue weighted by atomic mass is 10.2. The molecule has 0 unspecified atom stereocenters. The van der Waals surface area contributed by atoms with E-state index in [9.17, 15) is 14.0 Å². The number of carbonyl (C=O) groups is 2. The van der Waals surface area contributed by atoms with E-state index in [1.54, 1.807) is 18.2 Å². The third-order valence-electron chi connectivity index (χ3n) is 2.38. The van der Waals surface area contributed by atoms with Crippen LogP contribution in [0.1, 0.15) is 18.4 Å². The minimum atomic E-state index is -0.315. The van der Waals surface area contributed by atoms with E-state index < -0.39 is 0 Å². The first-order valence-corrected chi connectivity index (χ1v) is 5.90. The van der Waals surface area contributed by atoms with Crippen molar-refractivity contribution in [2.75, 3.05) is 13.7 Å². The van der Waals surface area contributed by atoms with E-state index in [0.29, 0.717) is 13.0 Å². The molecule has 0 heterocycles. The number of hydrogen-bond acceptors (Lipinski definition) is 3. The molecule has 0 aromatic heterocycles. The molecule has 0 aliphatic rings. The van der Waals surface area contributed by atoms with Crippen LogP contribution in [0.3, 0.4) is 0 Å². The van der Waals surface area contributed by atoms with Crippen molar-refractivity contribution in [3.63, 3.8) is 0 Å². The molecule has 1 N–H and O–H groups in total. The van der Waals surface area contributed by atoms with Crippen molar-refractivity contribution in [2.24, 2.45) is 0 Å². The van der Waals surface area contributed by atoms with Crippen molar-refractivity contribution in [2.45, 2.75) is 12.8 Å². The molecule has 0 radical (unpaired) electrons. The van der Waals surface area contributed by atoms with Crippen molar-refractivity contribution in [1.29, 1.82) is 0 Å². The first-order chi connectivity index (χ1) is 9.11. The fourth-order valence-electron chi connectivity index (χ4n) is 1.35. The van der Waals surface area contributed by atoms with Crippen LogP contribution >= 0.6 is 0 Å². The molecule has 0 saturated carbocycles. The van der Waals surface area contributed by atoms with Gasteiger partial charge in [-0.1, -0.05) is 12.1 Å². The van der Waals surface area contributed by atoms with Crippen LogP contribution in [0, 0.1) is 5.82 Å². The summed E-state index contributed by atoms with van der Waals surface area (Å²) in [5.74, 6) is -0.866. The molecule has 1 amide bonds. The summed E-state index contributed by atoms with van der Waals surface area (Å²) in [4.78, 5) is 22.2. The number of nitrogens with one attached hydrogen (secondary N) is 1. The first-order valence-electron chi connectivity index (χ1n) is 5.90. The quantitative estimate of drug-likeness (QED) is 0.485. The van der Waals surface area contributed by atoms with E-state index >= 15 is 0 Å². The summed E-state index contributed by atoms with van der Waals surface area (Å²) < 4.78 is 17.1. The monoisotopic (exact) mass is 265 g/mol. The highest BCUT2D eigenvalue weighted by molar-refractivity contribution is 5.91. The average Bonchev–Trinajstić information content (AvgIpc) is 2.42. The average molecular weight is 265 g/mol. The third-order valence-corrected chi connectivity index (χ3v) is 2.38. The maximum atomic E-state index is 12.6. The van der Waals surface area contributed by atoms with Crippen molar-refractivity contribution in [1.82, 2.24) is 5.32 Å². The Morgan fingerprint density at radius 3 is 2.63 bits per heavy atom. The van der Waals surface area contributed by atoms with Gasteiger partial charge < -0.3 is 10.1 Å². The summed E-state index contributed by atoms with van der Waals surface area (Å²) in [5, 5.41) is 2.64. The highest BCUT2D eigenvalue weighted by atomic mass is 19.1. The molecule has 102 valence electrons. The number of methoxy groups -OCH3 is 1. The molecule has 4 nitrogen and oxygen atoms in total. The van der Waals surface area contributed by atoms with Crippen LogP contribution < -0.4 is 5.32 Å². The lowest BCUT2D eigenvalue weighted by molar-refractivity contribution is -0.140. The van der Waals surface area contributed by atoms with Crippen LogP contribution in [0.25, 0.3) is 6.08 Å². The van der Waals surface area contributed by atoms with Crippen LogP contribution in [0.5, 0.6) is 0 Å². The molecular formula is C14H16FNO3. The van der Waals surface area contributed by atoms with E-state index in [2.05, 4.69) is 10.1 Å². The Morgan fingerprint density at radius 1 is 1.32 bits per heavy atom. The van der Waals surface area contributed by atoms with Gasteiger partial charge >= 0.3 is 5.97 Å². The molecule has 0 spiro atoms. The van der Waals surface area contributed by atoms with Gasteiger partial charge in [0.2, 0.25) is 5.91 Å². The van der Waals surface area contributed by atoms with Crippen molar-refractivity contribution in [3.8, 4) is 0 Å². The van der Waals surface area contributed by atoms with Gasteiger partial charge in [-0.3, -0.25) is 9.59 Å². The molecule has 5 heteroatoms. The molecule has 0 saturated heterocycles. The molecule has 1 aromatic carbocycles. The van der Waals surface area contributed by atoms with Crippen LogP contribution in [0.4, 0.5) is 4.39 Å². The molecule has 0 fully saturated rings. The van der Waals surface area contributed by atoms with Gasteiger partial charge in [-0.2, -0.15) is 0 Å². The van der Waals surface area contributed by atoms with E-state index in [1.807, 2.05) is 0 Å². The van der Waals surface area contributed by atoms with E-state index in [4.69, 9.17) is 0 Å². The zero-order valence-electron chi connectivity index (χ0n) is 10.7. The van der Waals surface area contributed by atoms with Crippen molar-refractivity contribution in [3.05, 3.63) is 41.7 Å². The number of esters is 1. The van der Waals surface area contributed by atoms with Gasteiger partial charge in [0.1, 0.15) is 5.82 Å². The van der Waals surface area contributed by atoms with Crippen molar-refractivity contribution < 1.29 is 18.7 Å². The minimum Gasteiger partial charge on any atom is -0.469 e. The van der Waals surface area contributed by atoms with Gasteiger partial charge in [0.05, 0.1) is 7.11 Å². The number of rotatable bonds is 6. The maximum absolute atomic E-state index is 12.6. The van der Waals surface area contributed by atoms with E-state index in [-0.39, 0.29) is 24.1 Å². The third kappa shape index (κ3) is 6.35. The summed E-state index contributed by atoms with van der Waals surface area (Å²) in [6.07, 6.45) is 3.77. The molecule has 1 rings (SSSR count). The smallest absolute Gasteiger partial charge is 0.305 e. The second-order valence-electron chi connectivity index (χ2n) is 3.86. The molecule has 0 atom stereocenters. The lowest BCUT2D eigenvalue weighted by Gasteiger charge is -2.01. The Labute approximate surface area is 111 Å². The predicted molar refractivity (Wildman–Crippen MR) is 69.7 cm³/mol. The van der Waals surface area contributed by atoms with E-state index in [1.165, 1.54) is 25.3 Å². The molecule has 0 aliphatic carbocycles. The second-order valence-corrected chi connectivity index (χ2v) is 3.86. The first kappa shape index (κ1) is 14.9. The molecule has 0 bridgehead atoms. The van der Waals surface area contributed by atoms with Crippen LogP contribution in [0.2, 0.25) is 0 Å².